The van der Waals surface area contributed by atoms with Gasteiger partial charge in [0.2, 0.25) is 0 Å². The van der Waals surface area contributed by atoms with E-state index < -0.39 is 55.3 Å². The molecule has 1 fully saturated rings. The van der Waals surface area contributed by atoms with E-state index in [2.05, 4.69) is 0 Å². The number of halogens is 1. The molecule has 5 atom stereocenters. The monoisotopic (exact) mass is 494 g/mol. The lowest BCUT2D eigenvalue weighted by atomic mass is 9.99. The van der Waals surface area contributed by atoms with Gasteiger partial charge in [0.25, 0.3) is 0 Å². The summed E-state index contributed by atoms with van der Waals surface area (Å²) in [5, 5.41) is 10.4. The number of ether oxygens (including phenoxy) is 4. The van der Waals surface area contributed by atoms with Gasteiger partial charge in [-0.05, 0) is 36.4 Å². The molecule has 186 valence electrons. The average molecular weight is 494 g/mol. The molecule has 0 spiro atoms. The molecule has 0 saturated carbocycles. The van der Waals surface area contributed by atoms with E-state index in [0.29, 0.717) is 0 Å². The zero-order valence-corrected chi connectivity index (χ0v) is 18.9. The Labute approximate surface area is 206 Å². The molecule has 9 heteroatoms. The quantitative estimate of drug-likeness (QED) is 0.394. The highest BCUT2D eigenvalue weighted by atomic mass is 19.1. The Balaban J connectivity index is 1.52. The minimum Gasteiger partial charge on any atom is -0.459 e. The van der Waals surface area contributed by atoms with Crippen LogP contribution in [-0.2, 0) is 18.9 Å². The first-order valence-electron chi connectivity index (χ1n) is 11.2. The zero-order chi connectivity index (χ0) is 25.5. The molecule has 1 aliphatic heterocycles. The highest BCUT2D eigenvalue weighted by molar-refractivity contribution is 5.90. The summed E-state index contributed by atoms with van der Waals surface area (Å²) in [5.74, 6) is -2.47. The Hall–Kier alpha value is -4.08. The first kappa shape index (κ1) is 25.0. The Morgan fingerprint density at radius 2 is 1.11 bits per heavy atom. The lowest BCUT2D eigenvalue weighted by Gasteiger charge is -2.40. The summed E-state index contributed by atoms with van der Waals surface area (Å²) in [4.78, 5) is 37.5. The third-order valence-electron chi connectivity index (χ3n) is 5.48. The van der Waals surface area contributed by atoms with Crippen molar-refractivity contribution in [1.82, 2.24) is 0 Å². The number of hydrogen-bond donors (Lipinski definition) is 1. The van der Waals surface area contributed by atoms with Crippen LogP contribution < -0.4 is 0 Å². The Morgan fingerprint density at radius 3 is 1.58 bits per heavy atom. The van der Waals surface area contributed by atoms with Gasteiger partial charge in [-0.25, -0.2) is 18.8 Å². The van der Waals surface area contributed by atoms with E-state index in [1.807, 2.05) is 0 Å². The fourth-order valence-electron chi connectivity index (χ4n) is 3.63. The largest absolute Gasteiger partial charge is 0.459 e. The first-order chi connectivity index (χ1) is 17.4. The molecule has 4 rings (SSSR count). The van der Waals surface area contributed by atoms with Crippen LogP contribution in [0, 0.1) is 0 Å². The lowest BCUT2D eigenvalue weighted by molar-refractivity contribution is -0.273. The maximum absolute atomic E-state index is 15.7. The predicted octanol–water partition coefficient (Wildman–Crippen LogP) is 3.35. The number of alkyl halides is 1. The van der Waals surface area contributed by atoms with Crippen LogP contribution in [0.5, 0.6) is 0 Å². The fraction of sp³-hybridized carbons (Fsp3) is 0.222. The number of carbonyl (C=O) groups excluding carboxylic acids is 3. The van der Waals surface area contributed by atoms with Crippen molar-refractivity contribution in [3.05, 3.63) is 108 Å². The molecule has 1 aliphatic rings. The molecule has 1 heterocycles. The molecule has 0 aromatic heterocycles. The number of benzene rings is 3. The van der Waals surface area contributed by atoms with Crippen molar-refractivity contribution in [2.75, 3.05) is 6.61 Å². The van der Waals surface area contributed by atoms with E-state index in [0.717, 1.165) is 0 Å². The van der Waals surface area contributed by atoms with Gasteiger partial charge < -0.3 is 24.1 Å². The van der Waals surface area contributed by atoms with Gasteiger partial charge in [0.15, 0.2) is 24.7 Å². The molecule has 0 unspecified atom stereocenters. The van der Waals surface area contributed by atoms with Gasteiger partial charge in [0, 0.05) is 0 Å². The second kappa shape index (κ2) is 11.6. The SMILES string of the molecule is O=C(OC[C@H]1O[C@@H](O)[C@H](OC(=O)c2ccccc2)[C@@H](F)[C@@H]1OC(=O)c1ccccc1)c1ccccc1. The second-order valence-corrected chi connectivity index (χ2v) is 7.95. The number of aliphatic hydroxyl groups is 1. The van der Waals surface area contributed by atoms with Crippen LogP contribution >= 0.6 is 0 Å². The standard InChI is InChI=1S/C27H23FO8/c28-21-22(35-25(30)18-12-6-2-7-13-18)20(16-33-24(29)17-10-4-1-5-11-17)34-27(32)23(21)36-26(31)19-14-8-3-9-15-19/h1-15,20-23,27,32H,16H2/t20-,21+,22-,23-,27-/m1/s1. The molecule has 3 aromatic carbocycles. The Morgan fingerprint density at radius 1 is 0.694 bits per heavy atom. The minimum atomic E-state index is -2.19. The number of hydrogen-bond acceptors (Lipinski definition) is 8. The zero-order valence-electron chi connectivity index (χ0n) is 18.9. The van der Waals surface area contributed by atoms with Crippen molar-refractivity contribution in [2.24, 2.45) is 0 Å². The predicted molar refractivity (Wildman–Crippen MR) is 124 cm³/mol. The summed E-state index contributed by atoms with van der Waals surface area (Å²) in [6.45, 7) is -0.530. The van der Waals surface area contributed by atoms with E-state index in [9.17, 15) is 19.5 Å². The molecule has 0 aliphatic carbocycles. The van der Waals surface area contributed by atoms with Crippen LogP contribution in [0.1, 0.15) is 31.1 Å². The van der Waals surface area contributed by atoms with Gasteiger partial charge in [0.05, 0.1) is 16.7 Å². The maximum Gasteiger partial charge on any atom is 0.338 e. The summed E-state index contributed by atoms with van der Waals surface area (Å²) in [6.07, 6.45) is -8.91. The van der Waals surface area contributed by atoms with Gasteiger partial charge in [-0.2, -0.15) is 0 Å². The van der Waals surface area contributed by atoms with Crippen LogP contribution in [0.2, 0.25) is 0 Å². The van der Waals surface area contributed by atoms with Crippen molar-refractivity contribution in [3.8, 4) is 0 Å². The summed E-state index contributed by atoms with van der Waals surface area (Å²) in [6, 6.07) is 23.7. The van der Waals surface area contributed by atoms with Gasteiger partial charge in [-0.1, -0.05) is 54.6 Å². The van der Waals surface area contributed by atoms with Crippen LogP contribution in [0.25, 0.3) is 0 Å². The van der Waals surface area contributed by atoms with Gasteiger partial charge in [-0.15, -0.1) is 0 Å². The van der Waals surface area contributed by atoms with Crippen LogP contribution in [-0.4, -0.2) is 60.4 Å². The lowest BCUT2D eigenvalue weighted by Crippen LogP contribution is -2.59. The third-order valence-corrected chi connectivity index (χ3v) is 5.48. The highest BCUT2D eigenvalue weighted by Crippen LogP contribution is 2.29. The molecule has 1 N–H and O–H groups in total. The summed E-state index contributed by atoms with van der Waals surface area (Å²) in [5.41, 5.74) is 0.528. The summed E-state index contributed by atoms with van der Waals surface area (Å²) < 4.78 is 36.9. The number of aliphatic hydroxyl groups excluding tert-OH is 1. The van der Waals surface area contributed by atoms with E-state index in [4.69, 9.17) is 18.9 Å². The van der Waals surface area contributed by atoms with Crippen molar-refractivity contribution < 1.29 is 42.8 Å². The molecule has 1 saturated heterocycles. The highest BCUT2D eigenvalue weighted by Gasteiger charge is 2.51. The Kier molecular flexibility index (Phi) is 8.04. The van der Waals surface area contributed by atoms with Crippen LogP contribution in [0.4, 0.5) is 4.39 Å². The Bertz CT molecular complexity index is 1170. The number of rotatable bonds is 7. The number of carbonyl (C=O) groups is 3. The van der Waals surface area contributed by atoms with Crippen LogP contribution in [0.15, 0.2) is 91.0 Å². The molecule has 3 aromatic rings. The van der Waals surface area contributed by atoms with Crippen molar-refractivity contribution in [1.29, 1.82) is 0 Å². The summed E-state index contributed by atoms with van der Waals surface area (Å²) >= 11 is 0. The molecule has 36 heavy (non-hydrogen) atoms. The summed E-state index contributed by atoms with van der Waals surface area (Å²) in [7, 11) is 0. The van der Waals surface area contributed by atoms with E-state index in [1.54, 1.807) is 54.6 Å². The topological polar surface area (TPSA) is 108 Å². The molecular formula is C27H23FO8. The minimum absolute atomic E-state index is 0.133. The van der Waals surface area contributed by atoms with Gasteiger partial charge in [-0.3, -0.25) is 0 Å². The van der Waals surface area contributed by atoms with E-state index >= 15 is 4.39 Å². The van der Waals surface area contributed by atoms with Gasteiger partial charge >= 0.3 is 17.9 Å². The normalized spacial score (nSPS) is 23.3. The fourth-order valence-corrected chi connectivity index (χ4v) is 3.63. The van der Waals surface area contributed by atoms with Crippen molar-refractivity contribution in [3.63, 3.8) is 0 Å². The molecular weight excluding hydrogens is 471 g/mol. The van der Waals surface area contributed by atoms with Crippen LogP contribution in [0.3, 0.4) is 0 Å². The van der Waals surface area contributed by atoms with E-state index in [-0.39, 0.29) is 16.7 Å². The molecule has 8 nitrogen and oxygen atoms in total. The smallest absolute Gasteiger partial charge is 0.338 e. The molecule has 0 radical (unpaired) electrons. The van der Waals surface area contributed by atoms with Gasteiger partial charge in [0.1, 0.15) is 12.7 Å². The van der Waals surface area contributed by atoms with Crippen molar-refractivity contribution in [2.45, 2.75) is 30.8 Å². The number of esters is 3. The molecule has 0 amide bonds. The first-order valence-corrected chi connectivity index (χ1v) is 11.2. The third kappa shape index (κ3) is 5.94. The van der Waals surface area contributed by atoms with Crippen molar-refractivity contribution >= 4 is 17.9 Å². The molecule has 0 bridgehead atoms. The second-order valence-electron chi connectivity index (χ2n) is 7.95. The average Bonchev–Trinajstić information content (AvgIpc) is 2.92. The van der Waals surface area contributed by atoms with E-state index in [1.165, 1.54) is 36.4 Å². The maximum atomic E-state index is 15.7.